The van der Waals surface area contributed by atoms with Crippen LogP contribution >= 0.6 is 0 Å². The van der Waals surface area contributed by atoms with E-state index in [1.165, 1.54) is 24.3 Å². The smallest absolute Gasteiger partial charge is 0.188 e. The SMILES string of the molecule is O=C(COC1CCOC1)c1ccc(F)cc1. The van der Waals surface area contributed by atoms with Crippen molar-refractivity contribution in [2.24, 2.45) is 0 Å². The van der Waals surface area contributed by atoms with Crippen LogP contribution in [-0.2, 0) is 9.47 Å². The number of Topliss-reactive ketones (excluding diaryl/α,β-unsaturated/α-hetero) is 1. The summed E-state index contributed by atoms with van der Waals surface area (Å²) in [7, 11) is 0. The molecule has 4 heteroatoms. The van der Waals surface area contributed by atoms with Crippen molar-refractivity contribution >= 4 is 5.78 Å². The van der Waals surface area contributed by atoms with Gasteiger partial charge in [0, 0.05) is 12.2 Å². The zero-order valence-corrected chi connectivity index (χ0v) is 8.82. The summed E-state index contributed by atoms with van der Waals surface area (Å²) in [5.74, 6) is -0.478. The third-order valence-electron chi connectivity index (χ3n) is 2.50. The Morgan fingerprint density at radius 1 is 1.44 bits per heavy atom. The van der Waals surface area contributed by atoms with Gasteiger partial charge in [-0.2, -0.15) is 0 Å². The number of ether oxygens (including phenoxy) is 2. The standard InChI is InChI=1S/C12H13FO3/c13-10-3-1-9(2-4-10)12(14)8-16-11-5-6-15-7-11/h1-4,11H,5-8H2. The number of ketones is 1. The predicted octanol–water partition coefficient (Wildman–Crippen LogP) is 1.81. The Hall–Kier alpha value is -1.26. The van der Waals surface area contributed by atoms with Crippen LogP contribution in [0.15, 0.2) is 24.3 Å². The highest BCUT2D eigenvalue weighted by Crippen LogP contribution is 2.09. The highest BCUT2D eigenvalue weighted by Gasteiger charge is 2.17. The molecule has 0 spiro atoms. The fourth-order valence-electron chi connectivity index (χ4n) is 1.56. The minimum atomic E-state index is -0.346. The molecule has 1 unspecified atom stereocenters. The van der Waals surface area contributed by atoms with E-state index in [0.29, 0.717) is 18.8 Å². The molecule has 1 fully saturated rings. The predicted molar refractivity (Wildman–Crippen MR) is 55.9 cm³/mol. The van der Waals surface area contributed by atoms with Gasteiger partial charge in [0.25, 0.3) is 0 Å². The Morgan fingerprint density at radius 3 is 2.81 bits per heavy atom. The van der Waals surface area contributed by atoms with E-state index in [4.69, 9.17) is 9.47 Å². The van der Waals surface area contributed by atoms with Gasteiger partial charge in [-0.3, -0.25) is 4.79 Å². The van der Waals surface area contributed by atoms with E-state index in [9.17, 15) is 9.18 Å². The van der Waals surface area contributed by atoms with Gasteiger partial charge in [0.2, 0.25) is 0 Å². The van der Waals surface area contributed by atoms with Gasteiger partial charge in [-0.25, -0.2) is 4.39 Å². The lowest BCUT2D eigenvalue weighted by Gasteiger charge is -2.08. The lowest BCUT2D eigenvalue weighted by Crippen LogP contribution is -2.18. The molecule has 86 valence electrons. The van der Waals surface area contributed by atoms with Gasteiger partial charge < -0.3 is 9.47 Å². The summed E-state index contributed by atoms with van der Waals surface area (Å²) < 4.78 is 23.1. The second-order valence-electron chi connectivity index (χ2n) is 3.73. The molecule has 0 radical (unpaired) electrons. The van der Waals surface area contributed by atoms with E-state index in [1.54, 1.807) is 0 Å². The third kappa shape index (κ3) is 2.87. The molecule has 1 aliphatic heterocycles. The van der Waals surface area contributed by atoms with Crippen LogP contribution in [0.5, 0.6) is 0 Å². The number of carbonyl (C=O) groups is 1. The van der Waals surface area contributed by atoms with Crippen molar-refractivity contribution in [3.05, 3.63) is 35.6 Å². The van der Waals surface area contributed by atoms with E-state index in [0.717, 1.165) is 6.42 Å². The molecule has 0 N–H and O–H groups in total. The molecule has 2 rings (SSSR count). The Bertz CT molecular complexity index is 355. The van der Waals surface area contributed by atoms with Crippen LogP contribution in [0.4, 0.5) is 4.39 Å². The molecule has 0 bridgehead atoms. The molecule has 0 aliphatic carbocycles. The molecule has 0 amide bonds. The summed E-state index contributed by atoms with van der Waals surface area (Å²) in [5, 5.41) is 0. The highest BCUT2D eigenvalue weighted by atomic mass is 19.1. The molecule has 1 aliphatic rings. The molecule has 1 aromatic rings. The van der Waals surface area contributed by atoms with Crippen LogP contribution < -0.4 is 0 Å². The second kappa shape index (κ2) is 5.18. The molecule has 1 saturated heterocycles. The first kappa shape index (κ1) is 11.2. The highest BCUT2D eigenvalue weighted by molar-refractivity contribution is 5.97. The molecule has 1 aromatic carbocycles. The lowest BCUT2D eigenvalue weighted by atomic mass is 10.1. The van der Waals surface area contributed by atoms with Crippen molar-refractivity contribution in [2.45, 2.75) is 12.5 Å². The molecular weight excluding hydrogens is 211 g/mol. The molecule has 1 atom stereocenters. The first-order valence-electron chi connectivity index (χ1n) is 5.24. The average Bonchev–Trinajstić information content (AvgIpc) is 2.80. The van der Waals surface area contributed by atoms with Crippen LogP contribution in [0, 0.1) is 5.82 Å². The maximum absolute atomic E-state index is 12.6. The largest absolute Gasteiger partial charge is 0.379 e. The number of benzene rings is 1. The summed E-state index contributed by atoms with van der Waals surface area (Å²) in [5.41, 5.74) is 0.473. The lowest BCUT2D eigenvalue weighted by molar-refractivity contribution is 0.0390. The first-order valence-corrected chi connectivity index (χ1v) is 5.24. The Labute approximate surface area is 93.2 Å². The van der Waals surface area contributed by atoms with E-state index >= 15 is 0 Å². The maximum Gasteiger partial charge on any atom is 0.188 e. The summed E-state index contributed by atoms with van der Waals surface area (Å²) in [6.45, 7) is 1.27. The fraction of sp³-hybridized carbons (Fsp3) is 0.417. The Balaban J connectivity index is 1.85. The van der Waals surface area contributed by atoms with Crippen molar-refractivity contribution in [1.82, 2.24) is 0 Å². The summed E-state index contributed by atoms with van der Waals surface area (Å²) in [4.78, 5) is 11.6. The van der Waals surface area contributed by atoms with Crippen molar-refractivity contribution in [1.29, 1.82) is 0 Å². The topological polar surface area (TPSA) is 35.5 Å². The second-order valence-corrected chi connectivity index (χ2v) is 3.73. The molecule has 3 nitrogen and oxygen atoms in total. The minimum Gasteiger partial charge on any atom is -0.379 e. The third-order valence-corrected chi connectivity index (χ3v) is 2.50. The van der Waals surface area contributed by atoms with Crippen molar-refractivity contribution in [3.63, 3.8) is 0 Å². The monoisotopic (exact) mass is 224 g/mol. The first-order chi connectivity index (χ1) is 7.75. The van der Waals surface area contributed by atoms with Crippen LogP contribution in [0.25, 0.3) is 0 Å². The normalized spacial score (nSPS) is 19.9. The molecule has 16 heavy (non-hydrogen) atoms. The summed E-state index contributed by atoms with van der Waals surface area (Å²) in [6, 6.07) is 5.47. The van der Waals surface area contributed by atoms with Crippen LogP contribution in [0.2, 0.25) is 0 Å². The molecule has 0 aromatic heterocycles. The summed E-state index contributed by atoms with van der Waals surface area (Å²) >= 11 is 0. The van der Waals surface area contributed by atoms with E-state index < -0.39 is 0 Å². The Morgan fingerprint density at radius 2 is 2.19 bits per heavy atom. The fourth-order valence-corrected chi connectivity index (χ4v) is 1.56. The molecule has 1 heterocycles. The number of rotatable bonds is 4. The number of carbonyl (C=O) groups excluding carboxylic acids is 1. The van der Waals surface area contributed by atoms with Gasteiger partial charge in [-0.05, 0) is 30.7 Å². The van der Waals surface area contributed by atoms with Gasteiger partial charge in [0.1, 0.15) is 12.4 Å². The summed E-state index contributed by atoms with van der Waals surface area (Å²) in [6.07, 6.45) is 0.848. The van der Waals surface area contributed by atoms with Crippen LogP contribution in [0.1, 0.15) is 16.8 Å². The number of hydrogen-bond acceptors (Lipinski definition) is 3. The minimum absolute atomic E-state index is 0.0180. The maximum atomic E-state index is 12.6. The Kier molecular flexibility index (Phi) is 3.64. The van der Waals surface area contributed by atoms with Crippen molar-refractivity contribution in [2.75, 3.05) is 19.8 Å². The zero-order valence-electron chi connectivity index (χ0n) is 8.82. The van der Waals surface area contributed by atoms with E-state index in [1.807, 2.05) is 0 Å². The van der Waals surface area contributed by atoms with Gasteiger partial charge in [-0.1, -0.05) is 0 Å². The quantitative estimate of drug-likeness (QED) is 0.732. The molecule has 0 saturated carbocycles. The molecular formula is C12H13FO3. The van der Waals surface area contributed by atoms with Gasteiger partial charge >= 0.3 is 0 Å². The van der Waals surface area contributed by atoms with Crippen molar-refractivity contribution < 1.29 is 18.7 Å². The zero-order chi connectivity index (χ0) is 11.4. The van der Waals surface area contributed by atoms with Gasteiger partial charge in [0.15, 0.2) is 5.78 Å². The number of hydrogen-bond donors (Lipinski definition) is 0. The average molecular weight is 224 g/mol. The van der Waals surface area contributed by atoms with Gasteiger partial charge in [-0.15, -0.1) is 0 Å². The van der Waals surface area contributed by atoms with E-state index in [-0.39, 0.29) is 24.3 Å². The van der Waals surface area contributed by atoms with Crippen LogP contribution in [0.3, 0.4) is 0 Å². The van der Waals surface area contributed by atoms with Crippen molar-refractivity contribution in [3.8, 4) is 0 Å². The van der Waals surface area contributed by atoms with Crippen LogP contribution in [-0.4, -0.2) is 31.7 Å². The van der Waals surface area contributed by atoms with Gasteiger partial charge in [0.05, 0.1) is 12.7 Å². The van der Waals surface area contributed by atoms with E-state index in [2.05, 4.69) is 0 Å². The number of halogens is 1.